The van der Waals surface area contributed by atoms with Gasteiger partial charge in [-0.2, -0.15) is 0 Å². The van der Waals surface area contributed by atoms with Gasteiger partial charge in [0.2, 0.25) is 12.3 Å². The van der Waals surface area contributed by atoms with Gasteiger partial charge in [0, 0.05) is 11.1 Å². The largest absolute Gasteiger partial charge is 0.467 e. The Morgan fingerprint density at radius 3 is 2.62 bits per heavy atom. The normalized spacial score (nSPS) is 12.0. The van der Waals surface area contributed by atoms with E-state index in [0.717, 1.165) is 5.56 Å². The highest BCUT2D eigenvalue weighted by Gasteiger charge is 2.13. The Morgan fingerprint density at radius 2 is 2.00 bits per heavy atom. The standard InChI is InChI=1S/C15H13N3O3/c1-10(13-3-2-8-20-13)17-14(19)11-4-6-12(7-5-11)15-18-16-9-21-15/h2-10H,1H3,(H,17,19)/t10-/m0/s1. The second kappa shape index (κ2) is 5.62. The summed E-state index contributed by atoms with van der Waals surface area (Å²) in [5.41, 5.74) is 1.32. The maximum Gasteiger partial charge on any atom is 0.251 e. The quantitative estimate of drug-likeness (QED) is 0.796. The van der Waals surface area contributed by atoms with Crippen molar-refractivity contribution in [3.05, 3.63) is 60.4 Å². The summed E-state index contributed by atoms with van der Waals surface area (Å²) in [6, 6.07) is 10.4. The molecule has 106 valence electrons. The molecule has 1 aromatic carbocycles. The molecule has 1 atom stereocenters. The van der Waals surface area contributed by atoms with Crippen molar-refractivity contribution >= 4 is 5.91 Å². The zero-order chi connectivity index (χ0) is 14.7. The van der Waals surface area contributed by atoms with Crippen molar-refractivity contribution in [3.63, 3.8) is 0 Å². The van der Waals surface area contributed by atoms with E-state index in [0.29, 0.717) is 17.2 Å². The van der Waals surface area contributed by atoms with Crippen LogP contribution < -0.4 is 5.32 Å². The molecular formula is C15H13N3O3. The lowest BCUT2D eigenvalue weighted by molar-refractivity contribution is 0.0935. The van der Waals surface area contributed by atoms with Gasteiger partial charge in [0.05, 0.1) is 12.3 Å². The van der Waals surface area contributed by atoms with Gasteiger partial charge in [-0.05, 0) is 43.3 Å². The molecule has 2 aromatic heterocycles. The molecule has 0 aliphatic carbocycles. The molecule has 0 unspecified atom stereocenters. The third-order valence-electron chi connectivity index (χ3n) is 3.07. The van der Waals surface area contributed by atoms with E-state index in [1.807, 2.05) is 13.0 Å². The summed E-state index contributed by atoms with van der Waals surface area (Å²) in [5.74, 6) is 0.965. The highest BCUT2D eigenvalue weighted by molar-refractivity contribution is 5.94. The number of furan rings is 1. The van der Waals surface area contributed by atoms with Crippen LogP contribution in [-0.2, 0) is 0 Å². The Morgan fingerprint density at radius 1 is 1.19 bits per heavy atom. The van der Waals surface area contributed by atoms with Gasteiger partial charge in [0.25, 0.3) is 5.91 Å². The van der Waals surface area contributed by atoms with E-state index in [1.165, 1.54) is 6.39 Å². The van der Waals surface area contributed by atoms with Crippen molar-refractivity contribution in [2.45, 2.75) is 13.0 Å². The second-order valence-electron chi connectivity index (χ2n) is 4.53. The van der Waals surface area contributed by atoms with Crippen molar-refractivity contribution in [1.29, 1.82) is 0 Å². The molecular weight excluding hydrogens is 270 g/mol. The van der Waals surface area contributed by atoms with Gasteiger partial charge in [0.1, 0.15) is 5.76 Å². The van der Waals surface area contributed by atoms with E-state index >= 15 is 0 Å². The molecule has 0 saturated carbocycles. The number of benzene rings is 1. The van der Waals surface area contributed by atoms with Crippen LogP contribution in [0.4, 0.5) is 0 Å². The number of aromatic nitrogens is 2. The van der Waals surface area contributed by atoms with Gasteiger partial charge < -0.3 is 14.2 Å². The topological polar surface area (TPSA) is 81.2 Å². The van der Waals surface area contributed by atoms with Crippen LogP contribution in [0.25, 0.3) is 11.5 Å². The molecule has 21 heavy (non-hydrogen) atoms. The molecule has 2 heterocycles. The molecule has 1 amide bonds. The van der Waals surface area contributed by atoms with Crippen LogP contribution in [-0.4, -0.2) is 16.1 Å². The van der Waals surface area contributed by atoms with Gasteiger partial charge in [-0.15, -0.1) is 10.2 Å². The van der Waals surface area contributed by atoms with Crippen molar-refractivity contribution in [1.82, 2.24) is 15.5 Å². The SMILES string of the molecule is C[C@H](NC(=O)c1ccc(-c2nnco2)cc1)c1ccco1. The first-order valence-corrected chi connectivity index (χ1v) is 6.45. The van der Waals surface area contributed by atoms with E-state index in [4.69, 9.17) is 8.83 Å². The summed E-state index contributed by atoms with van der Waals surface area (Å²) in [6.45, 7) is 1.86. The van der Waals surface area contributed by atoms with Crippen molar-refractivity contribution < 1.29 is 13.6 Å². The Labute approximate surface area is 120 Å². The van der Waals surface area contributed by atoms with E-state index in [2.05, 4.69) is 15.5 Å². The highest BCUT2D eigenvalue weighted by Crippen LogP contribution is 2.18. The number of nitrogens with zero attached hydrogens (tertiary/aromatic N) is 2. The molecule has 6 heteroatoms. The van der Waals surface area contributed by atoms with Gasteiger partial charge in [-0.25, -0.2) is 0 Å². The van der Waals surface area contributed by atoms with Crippen LogP contribution >= 0.6 is 0 Å². The first-order chi connectivity index (χ1) is 10.2. The minimum absolute atomic E-state index is 0.170. The lowest BCUT2D eigenvalue weighted by Gasteiger charge is -2.11. The van der Waals surface area contributed by atoms with Crippen molar-refractivity contribution in [2.24, 2.45) is 0 Å². The summed E-state index contributed by atoms with van der Waals surface area (Å²) in [5, 5.41) is 10.3. The zero-order valence-electron chi connectivity index (χ0n) is 11.3. The van der Waals surface area contributed by atoms with Crippen LogP contribution in [0.3, 0.4) is 0 Å². The smallest absolute Gasteiger partial charge is 0.251 e. The molecule has 0 bridgehead atoms. The third kappa shape index (κ3) is 2.84. The average molecular weight is 283 g/mol. The molecule has 0 spiro atoms. The summed E-state index contributed by atoms with van der Waals surface area (Å²) < 4.78 is 10.4. The minimum Gasteiger partial charge on any atom is -0.467 e. The van der Waals surface area contributed by atoms with Gasteiger partial charge in [-0.3, -0.25) is 4.79 Å². The Kier molecular flexibility index (Phi) is 3.51. The van der Waals surface area contributed by atoms with Gasteiger partial charge >= 0.3 is 0 Å². The molecule has 0 aliphatic rings. The van der Waals surface area contributed by atoms with Crippen LogP contribution in [0.1, 0.15) is 29.1 Å². The van der Waals surface area contributed by atoms with Gasteiger partial charge in [-0.1, -0.05) is 0 Å². The molecule has 0 aliphatic heterocycles. The molecule has 0 radical (unpaired) electrons. The van der Waals surface area contributed by atoms with Crippen LogP contribution in [0.15, 0.2) is 57.9 Å². The molecule has 3 aromatic rings. The van der Waals surface area contributed by atoms with E-state index < -0.39 is 0 Å². The van der Waals surface area contributed by atoms with Crippen LogP contribution in [0.2, 0.25) is 0 Å². The van der Waals surface area contributed by atoms with E-state index in [9.17, 15) is 4.79 Å². The number of carbonyl (C=O) groups excluding carboxylic acids is 1. The predicted octanol–water partition coefficient (Wildman–Crippen LogP) is 2.82. The Bertz CT molecular complexity index is 703. The summed E-state index contributed by atoms with van der Waals surface area (Å²) in [6.07, 6.45) is 2.85. The first-order valence-electron chi connectivity index (χ1n) is 6.45. The fraction of sp³-hybridized carbons (Fsp3) is 0.133. The second-order valence-corrected chi connectivity index (χ2v) is 4.53. The van der Waals surface area contributed by atoms with Crippen molar-refractivity contribution in [2.75, 3.05) is 0 Å². The summed E-state index contributed by atoms with van der Waals surface area (Å²) >= 11 is 0. The fourth-order valence-corrected chi connectivity index (χ4v) is 1.95. The number of amides is 1. The lowest BCUT2D eigenvalue weighted by Crippen LogP contribution is -2.26. The third-order valence-corrected chi connectivity index (χ3v) is 3.07. The number of nitrogens with one attached hydrogen (secondary N) is 1. The van der Waals surface area contributed by atoms with Gasteiger partial charge in [0.15, 0.2) is 0 Å². The van der Waals surface area contributed by atoms with Crippen LogP contribution in [0.5, 0.6) is 0 Å². The Hall–Kier alpha value is -2.89. The number of rotatable bonds is 4. The molecule has 6 nitrogen and oxygen atoms in total. The molecule has 1 N–H and O–H groups in total. The zero-order valence-corrected chi connectivity index (χ0v) is 11.3. The van der Waals surface area contributed by atoms with Crippen LogP contribution in [0, 0.1) is 0 Å². The Balaban J connectivity index is 1.70. The summed E-state index contributed by atoms with van der Waals surface area (Å²) in [4.78, 5) is 12.1. The average Bonchev–Trinajstić information content (AvgIpc) is 3.20. The van der Waals surface area contributed by atoms with E-state index in [1.54, 1.807) is 36.6 Å². The maximum atomic E-state index is 12.1. The minimum atomic E-state index is -0.192. The monoisotopic (exact) mass is 283 g/mol. The molecule has 0 fully saturated rings. The fourth-order valence-electron chi connectivity index (χ4n) is 1.95. The first kappa shape index (κ1) is 13.1. The van der Waals surface area contributed by atoms with E-state index in [-0.39, 0.29) is 11.9 Å². The number of hydrogen-bond acceptors (Lipinski definition) is 5. The number of carbonyl (C=O) groups is 1. The lowest BCUT2D eigenvalue weighted by atomic mass is 10.1. The predicted molar refractivity (Wildman–Crippen MR) is 74.3 cm³/mol. The summed E-state index contributed by atoms with van der Waals surface area (Å²) in [7, 11) is 0. The maximum absolute atomic E-state index is 12.1. The van der Waals surface area contributed by atoms with Crippen molar-refractivity contribution in [3.8, 4) is 11.5 Å². The highest BCUT2D eigenvalue weighted by atomic mass is 16.4. The molecule has 0 saturated heterocycles. The molecule has 3 rings (SSSR count). The number of hydrogen-bond donors (Lipinski definition) is 1.